The van der Waals surface area contributed by atoms with E-state index < -0.39 is 0 Å². The molecule has 0 radical (unpaired) electrons. The predicted molar refractivity (Wildman–Crippen MR) is 75.1 cm³/mol. The number of hydrogen-bond donors (Lipinski definition) is 0. The van der Waals surface area contributed by atoms with E-state index in [1.54, 1.807) is 7.11 Å². The first-order valence-corrected chi connectivity index (χ1v) is 8.44. The molecule has 0 N–H and O–H groups in total. The molecule has 3 aliphatic rings. The van der Waals surface area contributed by atoms with Crippen LogP contribution < -0.4 is 0 Å². The zero-order valence-corrected chi connectivity index (χ0v) is 12.8. The largest absolute Gasteiger partial charge is 0.383 e. The molecule has 4 unspecified atom stereocenters. The number of nitrogens with zero attached hydrogens (tertiary/aromatic N) is 3. The monoisotopic (exact) mass is 325 g/mol. The quantitative estimate of drug-likeness (QED) is 0.781. The number of alkyl halides is 1. The van der Waals surface area contributed by atoms with Gasteiger partial charge in [-0.25, -0.2) is 0 Å². The van der Waals surface area contributed by atoms with Gasteiger partial charge in [-0.05, 0) is 42.9 Å². The molecule has 3 saturated carbocycles. The molecular weight excluding hydrogens is 306 g/mol. The third-order valence-electron chi connectivity index (χ3n) is 5.53. The van der Waals surface area contributed by atoms with Gasteiger partial charge in [0.2, 0.25) is 0 Å². The van der Waals surface area contributed by atoms with Crippen molar-refractivity contribution in [3.63, 3.8) is 0 Å². The predicted octanol–water partition coefficient (Wildman–Crippen LogP) is 2.58. The highest BCUT2D eigenvalue weighted by atomic mass is 79.9. The van der Waals surface area contributed by atoms with Gasteiger partial charge >= 0.3 is 0 Å². The molecule has 0 aliphatic heterocycles. The Balaban J connectivity index is 1.60. The van der Waals surface area contributed by atoms with Crippen LogP contribution in [0.15, 0.2) is 0 Å². The number of aromatic nitrogens is 3. The maximum Gasteiger partial charge on any atom is 0.143 e. The second kappa shape index (κ2) is 4.55. The molecule has 0 amide bonds. The minimum atomic E-state index is 0.698. The van der Waals surface area contributed by atoms with Crippen molar-refractivity contribution >= 4 is 15.9 Å². The normalized spacial score (nSPS) is 38.7. The van der Waals surface area contributed by atoms with Crippen molar-refractivity contribution in [2.45, 2.75) is 37.1 Å². The number of hydrogen-bond acceptors (Lipinski definition) is 3. The van der Waals surface area contributed by atoms with Crippen molar-refractivity contribution in [1.29, 1.82) is 0 Å². The Kier molecular flexibility index (Phi) is 2.95. The first-order valence-electron chi connectivity index (χ1n) is 7.32. The molecule has 1 heterocycles. The van der Waals surface area contributed by atoms with E-state index in [2.05, 4.69) is 30.7 Å². The first kappa shape index (κ1) is 12.3. The minimum Gasteiger partial charge on any atom is -0.383 e. The zero-order valence-electron chi connectivity index (χ0n) is 11.3. The molecule has 0 saturated heterocycles. The highest BCUT2D eigenvalue weighted by molar-refractivity contribution is 9.08. The minimum absolute atomic E-state index is 0.698. The maximum atomic E-state index is 5.23. The van der Waals surface area contributed by atoms with E-state index in [0.717, 1.165) is 48.0 Å². The van der Waals surface area contributed by atoms with Gasteiger partial charge in [-0.2, -0.15) is 0 Å². The Hall–Kier alpha value is -0.420. The lowest BCUT2D eigenvalue weighted by Gasteiger charge is -2.11. The first-order chi connectivity index (χ1) is 9.35. The summed E-state index contributed by atoms with van der Waals surface area (Å²) in [5, 5.41) is 9.64. The lowest BCUT2D eigenvalue weighted by molar-refractivity contribution is 0.185. The van der Waals surface area contributed by atoms with Crippen LogP contribution in [0.4, 0.5) is 0 Å². The lowest BCUT2D eigenvalue weighted by atomic mass is 10.0. The SMILES string of the molecule is COCCn1c(CBr)nnc1C1C2C3CCC(C3)C12. The lowest BCUT2D eigenvalue weighted by Crippen LogP contribution is -2.12. The molecule has 4 atom stereocenters. The molecule has 3 fully saturated rings. The number of methoxy groups -OCH3 is 1. The van der Waals surface area contributed by atoms with Gasteiger partial charge in [0, 0.05) is 19.6 Å². The fraction of sp³-hybridized carbons (Fsp3) is 0.857. The van der Waals surface area contributed by atoms with Gasteiger partial charge in [-0.3, -0.25) is 0 Å². The van der Waals surface area contributed by atoms with Crippen LogP contribution >= 0.6 is 15.9 Å². The zero-order chi connectivity index (χ0) is 13.0. The molecule has 1 aromatic rings. The van der Waals surface area contributed by atoms with E-state index in [9.17, 15) is 0 Å². The van der Waals surface area contributed by atoms with E-state index in [4.69, 9.17) is 4.74 Å². The van der Waals surface area contributed by atoms with Crippen LogP contribution in [-0.2, 0) is 16.6 Å². The van der Waals surface area contributed by atoms with E-state index >= 15 is 0 Å². The van der Waals surface area contributed by atoms with Crippen LogP contribution in [0, 0.1) is 23.7 Å². The standard InChI is InChI=1S/C14H20BrN3O/c1-19-5-4-18-10(7-15)16-17-14(18)13-11-8-2-3-9(6-8)12(11)13/h8-9,11-13H,2-7H2,1H3. The molecule has 104 valence electrons. The van der Waals surface area contributed by atoms with Crippen LogP contribution in [0.5, 0.6) is 0 Å². The van der Waals surface area contributed by atoms with E-state index in [-0.39, 0.29) is 0 Å². The average Bonchev–Trinajstić information content (AvgIpc) is 2.82. The van der Waals surface area contributed by atoms with Gasteiger partial charge in [0.1, 0.15) is 11.6 Å². The Morgan fingerprint density at radius 2 is 2.00 bits per heavy atom. The van der Waals surface area contributed by atoms with Crippen LogP contribution in [0.25, 0.3) is 0 Å². The van der Waals surface area contributed by atoms with Crippen LogP contribution in [-0.4, -0.2) is 28.5 Å². The summed E-state index contributed by atoms with van der Waals surface area (Å²) in [5.74, 6) is 6.80. The summed E-state index contributed by atoms with van der Waals surface area (Å²) in [7, 11) is 1.75. The van der Waals surface area contributed by atoms with Gasteiger partial charge in [0.25, 0.3) is 0 Å². The molecule has 19 heavy (non-hydrogen) atoms. The molecule has 4 rings (SSSR count). The fourth-order valence-electron chi connectivity index (χ4n) is 4.79. The van der Waals surface area contributed by atoms with Crippen molar-refractivity contribution < 1.29 is 4.74 Å². The third kappa shape index (κ3) is 1.74. The fourth-order valence-corrected chi connectivity index (χ4v) is 5.21. The smallest absolute Gasteiger partial charge is 0.143 e. The molecule has 3 aliphatic carbocycles. The van der Waals surface area contributed by atoms with Crippen molar-refractivity contribution in [2.24, 2.45) is 23.7 Å². The summed E-state index contributed by atoms with van der Waals surface area (Å²) in [6, 6.07) is 0. The Labute approximate surface area is 122 Å². The second-order valence-electron chi connectivity index (χ2n) is 6.27. The molecule has 1 aromatic heterocycles. The molecule has 2 bridgehead atoms. The Morgan fingerprint density at radius 3 is 2.63 bits per heavy atom. The number of rotatable bonds is 5. The van der Waals surface area contributed by atoms with Gasteiger partial charge in [-0.1, -0.05) is 15.9 Å². The van der Waals surface area contributed by atoms with Gasteiger partial charge < -0.3 is 9.30 Å². The molecule has 4 nitrogen and oxygen atoms in total. The summed E-state index contributed by atoms with van der Waals surface area (Å²) in [6.45, 7) is 1.62. The highest BCUT2D eigenvalue weighted by Gasteiger charge is 2.66. The van der Waals surface area contributed by atoms with E-state index in [1.165, 1.54) is 25.1 Å². The van der Waals surface area contributed by atoms with Crippen LogP contribution in [0.2, 0.25) is 0 Å². The average molecular weight is 326 g/mol. The number of halogens is 1. The van der Waals surface area contributed by atoms with Crippen LogP contribution in [0.1, 0.15) is 36.8 Å². The summed E-state index contributed by atoms with van der Waals surface area (Å²) in [5.41, 5.74) is 0. The Morgan fingerprint density at radius 1 is 1.26 bits per heavy atom. The van der Waals surface area contributed by atoms with Gasteiger partial charge in [-0.15, -0.1) is 10.2 Å². The summed E-state index contributed by atoms with van der Waals surface area (Å²) in [4.78, 5) is 0. The van der Waals surface area contributed by atoms with Crippen molar-refractivity contribution in [3.8, 4) is 0 Å². The van der Waals surface area contributed by atoms with E-state index in [0.29, 0.717) is 5.92 Å². The maximum absolute atomic E-state index is 5.23. The topological polar surface area (TPSA) is 39.9 Å². The molecule has 0 aromatic carbocycles. The van der Waals surface area contributed by atoms with Crippen molar-refractivity contribution in [2.75, 3.05) is 13.7 Å². The van der Waals surface area contributed by atoms with E-state index in [1.807, 2.05) is 0 Å². The molecule has 5 heteroatoms. The number of ether oxygens (including phenoxy) is 1. The summed E-state index contributed by atoms with van der Waals surface area (Å²) < 4.78 is 7.52. The Bertz CT molecular complexity index is 473. The third-order valence-corrected chi connectivity index (χ3v) is 6.03. The van der Waals surface area contributed by atoms with Crippen molar-refractivity contribution in [3.05, 3.63) is 11.6 Å². The van der Waals surface area contributed by atoms with Crippen molar-refractivity contribution in [1.82, 2.24) is 14.8 Å². The summed E-state index contributed by atoms with van der Waals surface area (Å²) in [6.07, 6.45) is 4.41. The number of fused-ring (bicyclic) bond motifs is 5. The highest BCUT2D eigenvalue weighted by Crippen LogP contribution is 2.72. The second-order valence-corrected chi connectivity index (χ2v) is 6.83. The van der Waals surface area contributed by atoms with Gasteiger partial charge in [0.15, 0.2) is 0 Å². The summed E-state index contributed by atoms with van der Waals surface area (Å²) >= 11 is 3.52. The molecule has 0 spiro atoms. The molecular formula is C14H20BrN3O. The van der Waals surface area contributed by atoms with Crippen LogP contribution in [0.3, 0.4) is 0 Å². The van der Waals surface area contributed by atoms with Gasteiger partial charge in [0.05, 0.1) is 11.9 Å².